The summed E-state index contributed by atoms with van der Waals surface area (Å²) in [6, 6.07) is 0. The third kappa shape index (κ3) is 0.880. The van der Waals surface area contributed by atoms with E-state index in [-0.39, 0.29) is 0 Å². The molecule has 0 aliphatic rings. The molecular formula is C8H9NO. The van der Waals surface area contributed by atoms with Gasteiger partial charge in [0.05, 0.1) is 0 Å². The van der Waals surface area contributed by atoms with Crippen LogP contribution in [0.2, 0.25) is 0 Å². The summed E-state index contributed by atoms with van der Waals surface area (Å²) >= 11 is 0. The Kier molecular flexibility index (Phi) is 1.71. The summed E-state index contributed by atoms with van der Waals surface area (Å²) in [5, 5.41) is 3.74. The van der Waals surface area contributed by atoms with E-state index in [1.807, 2.05) is 6.92 Å². The van der Waals surface area contributed by atoms with Crippen LogP contribution in [0.5, 0.6) is 0 Å². The largest absolute Gasteiger partial charge is 0.360 e. The van der Waals surface area contributed by atoms with E-state index in [1.54, 1.807) is 12.2 Å². The van der Waals surface area contributed by atoms with Gasteiger partial charge >= 0.3 is 0 Å². The first-order chi connectivity index (χ1) is 4.79. The minimum Gasteiger partial charge on any atom is -0.360 e. The summed E-state index contributed by atoms with van der Waals surface area (Å²) in [7, 11) is 0. The van der Waals surface area contributed by atoms with Gasteiger partial charge in [-0.15, -0.1) is 0 Å². The Balaban J connectivity index is 3.25. The van der Waals surface area contributed by atoms with Crippen LogP contribution in [0.3, 0.4) is 0 Å². The summed E-state index contributed by atoms with van der Waals surface area (Å²) in [6.45, 7) is 9.05. The summed E-state index contributed by atoms with van der Waals surface area (Å²) in [5.41, 5.74) is 1.68. The Morgan fingerprint density at radius 2 is 2.10 bits per heavy atom. The Bertz CT molecular complexity index is 260. The Labute approximate surface area is 59.8 Å². The lowest BCUT2D eigenvalue weighted by Gasteiger charge is -1.84. The Morgan fingerprint density at radius 3 is 2.50 bits per heavy atom. The van der Waals surface area contributed by atoms with Crippen LogP contribution in [-0.2, 0) is 0 Å². The molecule has 0 amide bonds. The predicted octanol–water partition coefficient (Wildman–Crippen LogP) is 2.27. The summed E-state index contributed by atoms with van der Waals surface area (Å²) < 4.78 is 4.88. The average Bonchev–Trinajstić information content (AvgIpc) is 2.30. The van der Waals surface area contributed by atoms with Gasteiger partial charge in [-0.1, -0.05) is 24.4 Å². The van der Waals surface area contributed by atoms with Crippen LogP contribution in [0.25, 0.3) is 12.2 Å². The van der Waals surface area contributed by atoms with Crippen molar-refractivity contribution in [1.29, 1.82) is 0 Å². The molecular weight excluding hydrogens is 126 g/mol. The van der Waals surface area contributed by atoms with Gasteiger partial charge in [0.1, 0.15) is 11.5 Å². The number of nitrogens with zero attached hydrogens (tertiary/aromatic N) is 1. The molecule has 10 heavy (non-hydrogen) atoms. The molecule has 1 aromatic heterocycles. The van der Waals surface area contributed by atoms with Gasteiger partial charge in [0.2, 0.25) is 0 Å². The maximum Gasteiger partial charge on any atom is 0.141 e. The van der Waals surface area contributed by atoms with E-state index in [1.165, 1.54) is 0 Å². The maximum absolute atomic E-state index is 4.88. The van der Waals surface area contributed by atoms with Crippen molar-refractivity contribution in [2.75, 3.05) is 0 Å². The van der Waals surface area contributed by atoms with Crippen molar-refractivity contribution >= 4 is 12.2 Å². The predicted molar refractivity (Wildman–Crippen MR) is 41.4 cm³/mol. The van der Waals surface area contributed by atoms with Gasteiger partial charge in [0, 0.05) is 5.56 Å². The number of aromatic nitrogens is 1. The highest BCUT2D eigenvalue weighted by Crippen LogP contribution is 2.14. The van der Waals surface area contributed by atoms with Gasteiger partial charge in [-0.05, 0) is 13.0 Å². The molecule has 0 fully saturated rings. The van der Waals surface area contributed by atoms with Crippen molar-refractivity contribution in [1.82, 2.24) is 5.16 Å². The first-order valence-electron chi connectivity index (χ1n) is 3.00. The van der Waals surface area contributed by atoms with Crippen molar-refractivity contribution in [3.05, 3.63) is 30.2 Å². The summed E-state index contributed by atoms with van der Waals surface area (Å²) in [4.78, 5) is 0. The fourth-order valence-electron chi connectivity index (χ4n) is 0.792. The molecule has 0 unspecified atom stereocenters. The highest BCUT2D eigenvalue weighted by atomic mass is 16.5. The lowest BCUT2D eigenvalue weighted by Crippen LogP contribution is -1.74. The van der Waals surface area contributed by atoms with Gasteiger partial charge in [-0.3, -0.25) is 0 Å². The Morgan fingerprint density at radius 1 is 1.40 bits per heavy atom. The third-order valence-electron chi connectivity index (χ3n) is 1.33. The van der Waals surface area contributed by atoms with Gasteiger partial charge in [0.15, 0.2) is 0 Å². The van der Waals surface area contributed by atoms with Crippen LogP contribution < -0.4 is 0 Å². The highest BCUT2D eigenvalue weighted by molar-refractivity contribution is 5.61. The molecule has 0 saturated carbocycles. The molecule has 0 spiro atoms. The molecule has 1 aromatic rings. The molecule has 1 rings (SSSR count). The maximum atomic E-state index is 4.88. The fraction of sp³-hybridized carbons (Fsp3) is 0.125. The van der Waals surface area contributed by atoms with E-state index in [0.717, 1.165) is 17.0 Å². The first-order valence-corrected chi connectivity index (χ1v) is 3.00. The molecule has 52 valence electrons. The SMILES string of the molecule is C=Cc1noc(C)c1C=C. The van der Waals surface area contributed by atoms with Crippen molar-refractivity contribution in [3.8, 4) is 0 Å². The van der Waals surface area contributed by atoms with Crippen molar-refractivity contribution in [2.45, 2.75) is 6.92 Å². The second-order valence-corrected chi connectivity index (χ2v) is 1.95. The van der Waals surface area contributed by atoms with Gasteiger partial charge < -0.3 is 4.52 Å². The molecule has 2 heteroatoms. The molecule has 0 atom stereocenters. The van der Waals surface area contributed by atoms with Gasteiger partial charge in [-0.25, -0.2) is 0 Å². The molecule has 0 aliphatic carbocycles. The van der Waals surface area contributed by atoms with E-state index >= 15 is 0 Å². The number of hydrogen-bond acceptors (Lipinski definition) is 2. The zero-order valence-corrected chi connectivity index (χ0v) is 5.92. The fourth-order valence-corrected chi connectivity index (χ4v) is 0.792. The van der Waals surface area contributed by atoms with Crippen LogP contribution >= 0.6 is 0 Å². The molecule has 0 N–H and O–H groups in total. The summed E-state index contributed by atoms with van der Waals surface area (Å²) in [6.07, 6.45) is 3.36. The van der Waals surface area contributed by atoms with E-state index in [9.17, 15) is 0 Å². The smallest absolute Gasteiger partial charge is 0.141 e. The van der Waals surface area contributed by atoms with Crippen molar-refractivity contribution in [3.63, 3.8) is 0 Å². The van der Waals surface area contributed by atoms with Crippen molar-refractivity contribution in [2.24, 2.45) is 0 Å². The second kappa shape index (κ2) is 2.52. The monoisotopic (exact) mass is 135 g/mol. The molecule has 0 aliphatic heterocycles. The lowest BCUT2D eigenvalue weighted by molar-refractivity contribution is 0.396. The van der Waals surface area contributed by atoms with Crippen LogP contribution in [0.1, 0.15) is 17.0 Å². The van der Waals surface area contributed by atoms with Crippen LogP contribution in [0.4, 0.5) is 0 Å². The van der Waals surface area contributed by atoms with Gasteiger partial charge in [0.25, 0.3) is 0 Å². The average molecular weight is 135 g/mol. The van der Waals surface area contributed by atoms with E-state index in [4.69, 9.17) is 4.52 Å². The van der Waals surface area contributed by atoms with E-state index in [2.05, 4.69) is 18.3 Å². The van der Waals surface area contributed by atoms with Crippen LogP contribution in [0.15, 0.2) is 17.7 Å². The van der Waals surface area contributed by atoms with Crippen LogP contribution in [0, 0.1) is 6.92 Å². The van der Waals surface area contributed by atoms with Gasteiger partial charge in [-0.2, -0.15) is 0 Å². The number of aryl methyl sites for hydroxylation is 1. The summed E-state index contributed by atoms with van der Waals surface area (Å²) in [5.74, 6) is 0.782. The molecule has 0 saturated heterocycles. The molecule has 2 nitrogen and oxygen atoms in total. The van der Waals surface area contributed by atoms with Crippen LogP contribution in [-0.4, -0.2) is 5.16 Å². The second-order valence-electron chi connectivity index (χ2n) is 1.95. The normalized spacial score (nSPS) is 9.30. The number of hydrogen-bond donors (Lipinski definition) is 0. The topological polar surface area (TPSA) is 26.0 Å². The molecule has 0 radical (unpaired) electrons. The zero-order valence-electron chi connectivity index (χ0n) is 5.92. The lowest BCUT2D eigenvalue weighted by atomic mass is 10.2. The third-order valence-corrected chi connectivity index (χ3v) is 1.33. The quantitative estimate of drug-likeness (QED) is 0.621. The Hall–Kier alpha value is -1.31. The minimum absolute atomic E-state index is 0.757. The first kappa shape index (κ1) is 6.81. The van der Waals surface area contributed by atoms with E-state index in [0.29, 0.717) is 0 Å². The zero-order chi connectivity index (χ0) is 7.56. The molecule has 0 bridgehead atoms. The number of rotatable bonds is 2. The molecule has 1 heterocycles. The van der Waals surface area contributed by atoms with Crippen molar-refractivity contribution < 1.29 is 4.52 Å². The van der Waals surface area contributed by atoms with E-state index < -0.39 is 0 Å². The standard InChI is InChI=1S/C8H9NO/c1-4-7-6(3)10-9-8(7)5-2/h4-5H,1-2H2,3H3. The molecule has 0 aromatic carbocycles. The minimum atomic E-state index is 0.757. The highest BCUT2D eigenvalue weighted by Gasteiger charge is 2.04.